The minimum absolute atomic E-state index is 0.784. The third kappa shape index (κ3) is 2.41. The third-order valence-corrected chi connectivity index (χ3v) is 4.88. The van der Waals surface area contributed by atoms with Crippen LogP contribution in [0, 0.1) is 0 Å². The van der Waals surface area contributed by atoms with Crippen molar-refractivity contribution >= 4 is 33.8 Å². The lowest BCUT2D eigenvalue weighted by Gasteiger charge is -2.09. The van der Waals surface area contributed by atoms with Crippen LogP contribution in [0.3, 0.4) is 0 Å². The maximum absolute atomic E-state index is 6.08. The van der Waals surface area contributed by atoms with Crippen molar-refractivity contribution in [3.8, 4) is 21.7 Å². The van der Waals surface area contributed by atoms with Crippen LogP contribution >= 0.6 is 22.9 Å². The number of halogens is 1. The summed E-state index contributed by atoms with van der Waals surface area (Å²) in [5.41, 5.74) is 4.37. The molecule has 0 unspecified atom stereocenters. The number of rotatable bonds is 2. The minimum atomic E-state index is 0.784. The highest BCUT2D eigenvalue weighted by Crippen LogP contribution is 2.35. The highest BCUT2D eigenvalue weighted by molar-refractivity contribution is 7.19. The van der Waals surface area contributed by atoms with Gasteiger partial charge in [0.15, 0.2) is 0 Å². The van der Waals surface area contributed by atoms with Gasteiger partial charge in [0.1, 0.15) is 0 Å². The van der Waals surface area contributed by atoms with Crippen LogP contribution in [0.25, 0.3) is 32.6 Å². The quantitative estimate of drug-likeness (QED) is 0.423. The summed E-state index contributed by atoms with van der Waals surface area (Å²) in [6.07, 6.45) is 0. The van der Waals surface area contributed by atoms with Crippen molar-refractivity contribution in [2.24, 2.45) is 0 Å². The molecule has 0 atom stereocenters. The van der Waals surface area contributed by atoms with Gasteiger partial charge in [-0.2, -0.15) is 0 Å². The first-order chi connectivity index (χ1) is 10.8. The molecule has 2 heterocycles. The van der Waals surface area contributed by atoms with Crippen LogP contribution in [0.5, 0.6) is 0 Å². The van der Waals surface area contributed by atoms with Gasteiger partial charge in [0.2, 0.25) is 0 Å². The van der Waals surface area contributed by atoms with E-state index in [1.807, 2.05) is 24.3 Å². The van der Waals surface area contributed by atoms with Crippen molar-refractivity contribution in [1.82, 2.24) is 4.98 Å². The van der Waals surface area contributed by atoms with Gasteiger partial charge in [0.25, 0.3) is 0 Å². The van der Waals surface area contributed by atoms with E-state index in [0.29, 0.717) is 0 Å². The Balaban J connectivity index is 2.01. The van der Waals surface area contributed by atoms with Gasteiger partial charge in [-0.15, -0.1) is 11.3 Å². The zero-order valence-corrected chi connectivity index (χ0v) is 13.2. The number of para-hydroxylation sites is 1. The van der Waals surface area contributed by atoms with Crippen molar-refractivity contribution in [2.75, 3.05) is 0 Å². The Morgan fingerprint density at radius 3 is 2.36 bits per heavy atom. The molecule has 0 aliphatic rings. The van der Waals surface area contributed by atoms with E-state index in [4.69, 9.17) is 16.6 Å². The number of nitrogens with zero attached hydrogens (tertiary/aromatic N) is 1. The van der Waals surface area contributed by atoms with Crippen LogP contribution in [0.1, 0.15) is 0 Å². The van der Waals surface area contributed by atoms with E-state index >= 15 is 0 Å². The van der Waals surface area contributed by atoms with Crippen LogP contribution in [-0.2, 0) is 0 Å². The summed E-state index contributed by atoms with van der Waals surface area (Å²) < 4.78 is 0.784. The van der Waals surface area contributed by atoms with E-state index in [1.165, 1.54) is 16.5 Å². The van der Waals surface area contributed by atoms with Crippen molar-refractivity contribution in [3.05, 3.63) is 77.1 Å². The van der Waals surface area contributed by atoms with Gasteiger partial charge in [0, 0.05) is 5.39 Å². The number of aromatic nitrogens is 1. The van der Waals surface area contributed by atoms with Gasteiger partial charge in [-0.1, -0.05) is 60.1 Å². The summed E-state index contributed by atoms with van der Waals surface area (Å²) in [6.45, 7) is 0. The highest BCUT2D eigenvalue weighted by Gasteiger charge is 2.10. The van der Waals surface area contributed by atoms with E-state index in [-0.39, 0.29) is 0 Å². The minimum Gasteiger partial charge on any atom is -0.247 e. The van der Waals surface area contributed by atoms with Gasteiger partial charge < -0.3 is 0 Å². The summed E-state index contributed by atoms with van der Waals surface area (Å²) in [6, 6.07) is 24.8. The topological polar surface area (TPSA) is 12.9 Å². The maximum atomic E-state index is 6.08. The van der Waals surface area contributed by atoms with Crippen molar-refractivity contribution in [1.29, 1.82) is 0 Å². The molecule has 2 aromatic heterocycles. The molecule has 1 nitrogen and oxygen atoms in total. The Labute approximate surface area is 137 Å². The first-order valence-corrected chi connectivity index (χ1v) is 8.21. The van der Waals surface area contributed by atoms with E-state index in [2.05, 4.69) is 48.5 Å². The van der Waals surface area contributed by atoms with E-state index in [9.17, 15) is 0 Å². The monoisotopic (exact) mass is 321 g/mol. The molecule has 4 aromatic rings. The molecule has 0 N–H and O–H groups in total. The van der Waals surface area contributed by atoms with Crippen LogP contribution < -0.4 is 0 Å². The van der Waals surface area contributed by atoms with Gasteiger partial charge in [-0.25, -0.2) is 4.98 Å². The molecule has 0 amide bonds. The molecule has 22 heavy (non-hydrogen) atoms. The molecule has 0 bridgehead atoms. The summed E-state index contributed by atoms with van der Waals surface area (Å²) in [4.78, 5) is 5.89. The normalized spacial score (nSPS) is 11.0. The highest BCUT2D eigenvalue weighted by atomic mass is 35.5. The average Bonchev–Trinajstić information content (AvgIpc) is 3.01. The Bertz CT molecular complexity index is 944. The lowest BCUT2D eigenvalue weighted by Crippen LogP contribution is -1.88. The molecule has 0 spiro atoms. The molecule has 0 aliphatic heterocycles. The fourth-order valence-corrected chi connectivity index (χ4v) is 3.61. The van der Waals surface area contributed by atoms with Crippen LogP contribution in [0.4, 0.5) is 0 Å². The standard InChI is InChI=1S/C19H12ClNS/c20-19-11-10-18(22-19)17-12-15(13-6-2-1-3-7-13)14-8-4-5-9-16(14)21-17/h1-12H. The number of hydrogen-bond acceptors (Lipinski definition) is 2. The Hall–Kier alpha value is -2.16. The van der Waals surface area contributed by atoms with E-state index < -0.39 is 0 Å². The fraction of sp³-hybridized carbons (Fsp3) is 0. The van der Waals surface area contributed by atoms with Crippen LogP contribution in [-0.4, -0.2) is 4.98 Å². The van der Waals surface area contributed by atoms with Gasteiger partial charge >= 0.3 is 0 Å². The predicted molar refractivity (Wildman–Crippen MR) is 95.5 cm³/mol. The van der Waals surface area contributed by atoms with Crippen molar-refractivity contribution in [3.63, 3.8) is 0 Å². The Morgan fingerprint density at radius 2 is 1.59 bits per heavy atom. The average molecular weight is 322 g/mol. The number of thiophene rings is 1. The van der Waals surface area contributed by atoms with Crippen LogP contribution in [0.2, 0.25) is 4.34 Å². The molecule has 3 heteroatoms. The van der Waals surface area contributed by atoms with Crippen molar-refractivity contribution in [2.45, 2.75) is 0 Å². The number of fused-ring (bicyclic) bond motifs is 1. The van der Waals surface area contributed by atoms with Gasteiger partial charge in [-0.05, 0) is 35.4 Å². The summed E-state index contributed by atoms with van der Waals surface area (Å²) in [7, 11) is 0. The molecular formula is C19H12ClNS. The predicted octanol–water partition coefficient (Wildman–Crippen LogP) is 6.28. The van der Waals surface area contributed by atoms with E-state index in [0.717, 1.165) is 20.4 Å². The summed E-state index contributed by atoms with van der Waals surface area (Å²) >= 11 is 7.63. The fourth-order valence-electron chi connectivity index (χ4n) is 2.61. The number of benzene rings is 2. The molecule has 0 saturated heterocycles. The molecule has 106 valence electrons. The first kappa shape index (κ1) is 13.5. The van der Waals surface area contributed by atoms with E-state index in [1.54, 1.807) is 11.3 Å². The SMILES string of the molecule is Clc1ccc(-c2cc(-c3ccccc3)c3ccccc3n2)s1. The van der Waals surface area contributed by atoms with Crippen molar-refractivity contribution < 1.29 is 0 Å². The maximum Gasteiger partial charge on any atom is 0.0935 e. The molecule has 0 radical (unpaired) electrons. The third-order valence-electron chi connectivity index (χ3n) is 3.63. The molecular weight excluding hydrogens is 310 g/mol. The number of hydrogen-bond donors (Lipinski definition) is 0. The molecule has 0 saturated carbocycles. The molecule has 2 aromatic carbocycles. The molecule has 0 aliphatic carbocycles. The smallest absolute Gasteiger partial charge is 0.0935 e. The Morgan fingerprint density at radius 1 is 0.818 bits per heavy atom. The lowest BCUT2D eigenvalue weighted by molar-refractivity contribution is 1.42. The lowest BCUT2D eigenvalue weighted by atomic mass is 10.00. The molecule has 0 fully saturated rings. The largest absolute Gasteiger partial charge is 0.247 e. The second-order valence-corrected chi connectivity index (χ2v) is 6.76. The van der Waals surface area contributed by atoms with Gasteiger partial charge in [0.05, 0.1) is 20.4 Å². The first-order valence-electron chi connectivity index (χ1n) is 7.02. The second-order valence-electron chi connectivity index (χ2n) is 5.04. The number of pyridine rings is 1. The molecule has 4 rings (SSSR count). The second kappa shape index (κ2) is 5.56. The Kier molecular flexibility index (Phi) is 3.41. The zero-order valence-electron chi connectivity index (χ0n) is 11.7. The summed E-state index contributed by atoms with van der Waals surface area (Å²) in [5, 5.41) is 1.17. The summed E-state index contributed by atoms with van der Waals surface area (Å²) in [5.74, 6) is 0. The van der Waals surface area contributed by atoms with Crippen LogP contribution in [0.15, 0.2) is 72.8 Å². The van der Waals surface area contributed by atoms with Gasteiger partial charge in [-0.3, -0.25) is 0 Å². The zero-order chi connectivity index (χ0) is 14.9.